The fourth-order valence-corrected chi connectivity index (χ4v) is 4.71. The van der Waals surface area contributed by atoms with Gasteiger partial charge >= 0.3 is 5.97 Å². The number of benzene rings is 1. The Morgan fingerprint density at radius 2 is 2.08 bits per heavy atom. The lowest BCUT2D eigenvalue weighted by Crippen LogP contribution is -2.03. The van der Waals surface area contributed by atoms with E-state index in [-0.39, 0.29) is 5.97 Å². The van der Waals surface area contributed by atoms with Crippen LogP contribution in [0.3, 0.4) is 0 Å². The summed E-state index contributed by atoms with van der Waals surface area (Å²) in [6.45, 7) is 4.10. The molecule has 4 aromatic rings. The zero-order chi connectivity index (χ0) is 17.4. The number of thiazole rings is 2. The normalized spacial score (nSPS) is 11.1. The number of ether oxygens (including phenoxy) is 1. The van der Waals surface area contributed by atoms with Crippen LogP contribution in [0.25, 0.3) is 26.7 Å². The highest BCUT2D eigenvalue weighted by Crippen LogP contribution is 2.38. The van der Waals surface area contributed by atoms with Crippen molar-refractivity contribution in [2.45, 2.75) is 13.8 Å². The van der Waals surface area contributed by atoms with Crippen molar-refractivity contribution in [2.24, 2.45) is 0 Å². The summed E-state index contributed by atoms with van der Waals surface area (Å²) in [5.74, 6) is -0.336. The van der Waals surface area contributed by atoms with Crippen LogP contribution in [0.2, 0.25) is 0 Å². The molecule has 0 bridgehead atoms. The summed E-state index contributed by atoms with van der Waals surface area (Å²) in [5.41, 5.74) is 3.44. The molecule has 3 heterocycles. The van der Waals surface area contributed by atoms with Crippen LogP contribution in [0.4, 0.5) is 0 Å². The second kappa shape index (κ2) is 6.42. The summed E-state index contributed by atoms with van der Waals surface area (Å²) >= 11 is 2.97. The molecule has 25 heavy (non-hydrogen) atoms. The van der Waals surface area contributed by atoms with Gasteiger partial charge in [0.2, 0.25) is 0 Å². The van der Waals surface area contributed by atoms with E-state index >= 15 is 0 Å². The maximum absolute atomic E-state index is 12.5. The zero-order valence-corrected chi connectivity index (χ0v) is 15.4. The molecule has 0 saturated carbocycles. The smallest absolute Gasteiger partial charge is 0.350 e. The molecule has 0 saturated heterocycles. The minimum Gasteiger partial charge on any atom is -0.462 e. The largest absolute Gasteiger partial charge is 0.462 e. The lowest BCUT2D eigenvalue weighted by atomic mass is 10.1. The lowest BCUT2D eigenvalue weighted by Gasteiger charge is -2.01. The Morgan fingerprint density at radius 1 is 1.28 bits per heavy atom. The van der Waals surface area contributed by atoms with Crippen molar-refractivity contribution in [2.75, 3.05) is 6.61 Å². The van der Waals surface area contributed by atoms with E-state index in [0.717, 1.165) is 26.7 Å². The SMILES string of the molecule is CCOC(=O)c1sc(-c2c(C)nn3ccsc23)nc1-c1ccccc1. The number of aryl methyl sites for hydroxylation is 1. The molecule has 1 aromatic carbocycles. The van der Waals surface area contributed by atoms with Crippen molar-refractivity contribution >= 4 is 33.5 Å². The molecule has 5 nitrogen and oxygen atoms in total. The Bertz CT molecular complexity index is 1050. The van der Waals surface area contributed by atoms with E-state index in [9.17, 15) is 4.79 Å². The molecule has 4 rings (SSSR count). The van der Waals surface area contributed by atoms with Crippen LogP contribution in [-0.2, 0) is 4.74 Å². The number of rotatable bonds is 4. The van der Waals surface area contributed by atoms with E-state index in [2.05, 4.69) is 5.10 Å². The molecule has 0 aliphatic heterocycles. The lowest BCUT2D eigenvalue weighted by molar-refractivity contribution is 0.0532. The van der Waals surface area contributed by atoms with Crippen molar-refractivity contribution in [1.29, 1.82) is 0 Å². The molecule has 0 spiro atoms. The van der Waals surface area contributed by atoms with Gasteiger partial charge in [-0.25, -0.2) is 14.3 Å². The topological polar surface area (TPSA) is 56.5 Å². The zero-order valence-electron chi connectivity index (χ0n) is 13.7. The summed E-state index contributed by atoms with van der Waals surface area (Å²) in [6.07, 6.45) is 1.93. The van der Waals surface area contributed by atoms with Crippen molar-refractivity contribution in [3.05, 3.63) is 52.5 Å². The van der Waals surface area contributed by atoms with Crippen LogP contribution in [-0.4, -0.2) is 27.2 Å². The Kier molecular flexibility index (Phi) is 4.10. The van der Waals surface area contributed by atoms with Gasteiger partial charge in [0.25, 0.3) is 0 Å². The van der Waals surface area contributed by atoms with Crippen molar-refractivity contribution < 1.29 is 9.53 Å². The predicted molar refractivity (Wildman–Crippen MR) is 100 cm³/mol. The van der Waals surface area contributed by atoms with Crippen molar-refractivity contribution in [3.63, 3.8) is 0 Å². The second-order valence-electron chi connectivity index (χ2n) is 5.40. The molecular formula is C18H15N3O2S2. The van der Waals surface area contributed by atoms with E-state index in [0.29, 0.717) is 17.2 Å². The molecule has 0 radical (unpaired) electrons. The fourth-order valence-electron chi connectivity index (χ4n) is 2.69. The van der Waals surface area contributed by atoms with Crippen LogP contribution in [0, 0.1) is 6.92 Å². The number of nitrogens with zero attached hydrogens (tertiary/aromatic N) is 3. The third kappa shape index (κ3) is 2.75. The first-order chi connectivity index (χ1) is 12.2. The van der Waals surface area contributed by atoms with Crippen molar-refractivity contribution in [3.8, 4) is 21.8 Å². The highest BCUT2D eigenvalue weighted by Gasteiger charge is 2.24. The molecular weight excluding hydrogens is 354 g/mol. The molecule has 0 aliphatic rings. The van der Waals surface area contributed by atoms with E-state index in [1.54, 1.807) is 18.3 Å². The summed E-state index contributed by atoms with van der Waals surface area (Å²) in [6, 6.07) is 9.72. The summed E-state index contributed by atoms with van der Waals surface area (Å²) < 4.78 is 7.09. The molecule has 0 aliphatic carbocycles. The predicted octanol–water partition coefficient (Wildman–Crippen LogP) is 4.67. The molecule has 0 fully saturated rings. The van der Waals surface area contributed by atoms with Crippen LogP contribution in [0.1, 0.15) is 22.3 Å². The Labute approximate surface area is 152 Å². The van der Waals surface area contributed by atoms with Gasteiger partial charge in [0.05, 0.1) is 23.6 Å². The molecule has 0 amide bonds. The number of hydrogen-bond acceptors (Lipinski definition) is 6. The second-order valence-corrected chi connectivity index (χ2v) is 7.29. The van der Waals surface area contributed by atoms with Crippen LogP contribution < -0.4 is 0 Å². The number of aromatic nitrogens is 3. The van der Waals surface area contributed by atoms with Gasteiger partial charge in [-0.05, 0) is 13.8 Å². The molecule has 126 valence electrons. The van der Waals surface area contributed by atoms with E-state index in [4.69, 9.17) is 9.72 Å². The number of carbonyl (C=O) groups excluding carboxylic acids is 1. The summed E-state index contributed by atoms with van der Waals surface area (Å²) in [7, 11) is 0. The van der Waals surface area contributed by atoms with Gasteiger partial charge in [0, 0.05) is 17.1 Å². The van der Waals surface area contributed by atoms with Gasteiger partial charge in [-0.3, -0.25) is 0 Å². The average Bonchev–Trinajstić information content (AvgIpc) is 3.30. The van der Waals surface area contributed by atoms with Gasteiger partial charge in [0.1, 0.15) is 14.7 Å². The number of hydrogen-bond donors (Lipinski definition) is 0. The van der Waals surface area contributed by atoms with E-state index in [1.807, 2.05) is 53.3 Å². The standard InChI is InChI=1S/C18H15N3O2S2/c1-3-23-18(22)15-14(12-7-5-4-6-8-12)19-16(25-15)13-11(2)20-21-9-10-24-17(13)21/h4-10H,3H2,1-2H3. The molecule has 7 heteroatoms. The number of carbonyl (C=O) groups is 1. The van der Waals surface area contributed by atoms with Gasteiger partial charge in [-0.15, -0.1) is 22.7 Å². The Balaban J connectivity index is 1.92. The minimum atomic E-state index is -0.336. The Morgan fingerprint density at radius 3 is 2.84 bits per heavy atom. The Hall–Kier alpha value is -2.51. The van der Waals surface area contributed by atoms with E-state index in [1.165, 1.54) is 11.3 Å². The quantitative estimate of drug-likeness (QED) is 0.491. The average molecular weight is 369 g/mol. The summed E-state index contributed by atoms with van der Waals surface area (Å²) in [5, 5.41) is 7.30. The van der Waals surface area contributed by atoms with Crippen LogP contribution in [0.15, 0.2) is 41.9 Å². The first kappa shape index (κ1) is 16.0. The third-order valence-electron chi connectivity index (χ3n) is 3.77. The maximum Gasteiger partial charge on any atom is 0.350 e. The van der Waals surface area contributed by atoms with E-state index < -0.39 is 0 Å². The number of esters is 1. The highest BCUT2D eigenvalue weighted by molar-refractivity contribution is 7.19. The molecule has 0 N–H and O–H groups in total. The minimum absolute atomic E-state index is 0.336. The first-order valence-electron chi connectivity index (χ1n) is 7.85. The van der Waals surface area contributed by atoms with Gasteiger partial charge in [-0.1, -0.05) is 30.3 Å². The summed E-state index contributed by atoms with van der Waals surface area (Å²) in [4.78, 5) is 18.8. The van der Waals surface area contributed by atoms with Gasteiger partial charge < -0.3 is 4.74 Å². The first-order valence-corrected chi connectivity index (χ1v) is 9.54. The van der Waals surface area contributed by atoms with Gasteiger partial charge in [-0.2, -0.15) is 5.10 Å². The van der Waals surface area contributed by atoms with Crippen LogP contribution in [0.5, 0.6) is 0 Å². The van der Waals surface area contributed by atoms with Crippen LogP contribution >= 0.6 is 22.7 Å². The number of fused-ring (bicyclic) bond motifs is 1. The molecule has 0 atom stereocenters. The van der Waals surface area contributed by atoms with Gasteiger partial charge in [0.15, 0.2) is 0 Å². The van der Waals surface area contributed by atoms with Crippen molar-refractivity contribution in [1.82, 2.24) is 14.6 Å². The fraction of sp³-hybridized carbons (Fsp3) is 0.167. The third-order valence-corrected chi connectivity index (χ3v) is 5.70. The molecule has 3 aromatic heterocycles. The monoisotopic (exact) mass is 369 g/mol. The molecule has 0 unspecified atom stereocenters. The maximum atomic E-state index is 12.5. The highest BCUT2D eigenvalue weighted by atomic mass is 32.1.